The molecule has 0 aliphatic heterocycles. The first-order valence-corrected chi connectivity index (χ1v) is 13.2. The second kappa shape index (κ2) is 12.7. The average molecular weight is 535 g/mol. The number of hydrogen-bond donors (Lipinski definition) is 2. The predicted octanol–water partition coefficient (Wildman–Crippen LogP) is 7.34. The Morgan fingerprint density at radius 3 is 2.34 bits per heavy atom. The van der Waals surface area contributed by atoms with Crippen LogP contribution < -0.4 is 15.4 Å². The van der Waals surface area contributed by atoms with Crippen LogP contribution in [0.5, 0.6) is 5.75 Å². The Bertz CT molecular complexity index is 1320. The number of ketones is 1. The molecule has 0 saturated carbocycles. The molecule has 0 heterocycles. The molecule has 3 aromatic rings. The molecule has 0 aromatic heterocycles. The molecule has 0 aliphatic carbocycles. The fourth-order valence-corrected chi connectivity index (χ4v) is 4.06. The van der Waals surface area contributed by atoms with E-state index in [1.54, 1.807) is 48.5 Å². The van der Waals surface area contributed by atoms with E-state index in [2.05, 4.69) is 37.5 Å². The molecule has 0 saturated heterocycles. The minimum absolute atomic E-state index is 0.0581. The van der Waals surface area contributed by atoms with Crippen molar-refractivity contribution in [1.82, 2.24) is 0 Å². The molecular weight excluding hydrogens is 500 g/mol. The van der Waals surface area contributed by atoms with Gasteiger partial charge in [0.2, 0.25) is 5.91 Å². The van der Waals surface area contributed by atoms with Crippen molar-refractivity contribution < 1.29 is 19.1 Å². The lowest BCUT2D eigenvalue weighted by molar-refractivity contribution is -0.122. The minimum atomic E-state index is -0.709. The van der Waals surface area contributed by atoms with Crippen LogP contribution in [0.3, 0.4) is 0 Å². The van der Waals surface area contributed by atoms with Gasteiger partial charge in [-0.1, -0.05) is 75.7 Å². The van der Waals surface area contributed by atoms with Crippen LogP contribution in [0.2, 0.25) is 5.02 Å². The van der Waals surface area contributed by atoms with Crippen LogP contribution in [0.1, 0.15) is 68.4 Å². The van der Waals surface area contributed by atoms with Crippen molar-refractivity contribution in [3.8, 4) is 5.75 Å². The summed E-state index contributed by atoms with van der Waals surface area (Å²) in [6.07, 6.45) is 0.418. The van der Waals surface area contributed by atoms with Crippen LogP contribution in [0.25, 0.3) is 0 Å². The molecule has 0 bridgehead atoms. The van der Waals surface area contributed by atoms with E-state index in [0.717, 1.165) is 12.0 Å². The minimum Gasteiger partial charge on any atom is -0.480 e. The molecular formula is C31H35ClN2O4. The van der Waals surface area contributed by atoms with Gasteiger partial charge in [0.25, 0.3) is 5.91 Å². The second-order valence-electron chi connectivity index (χ2n) is 9.93. The molecule has 6 nitrogen and oxygen atoms in total. The number of halogens is 1. The number of carbonyl (C=O) groups is 3. The summed E-state index contributed by atoms with van der Waals surface area (Å²) in [5, 5.41) is 5.87. The van der Waals surface area contributed by atoms with E-state index in [0.29, 0.717) is 34.1 Å². The zero-order valence-electron chi connectivity index (χ0n) is 22.6. The fraction of sp³-hybridized carbons (Fsp3) is 0.323. The van der Waals surface area contributed by atoms with Crippen LogP contribution in [0, 0.1) is 6.92 Å². The Kier molecular flexibility index (Phi) is 9.70. The number of nitrogens with one attached hydrogen (secondary N) is 2. The maximum absolute atomic E-state index is 13.0. The molecule has 0 radical (unpaired) electrons. The number of anilines is 2. The largest absolute Gasteiger partial charge is 0.480 e. The normalized spacial score (nSPS) is 11.9. The van der Waals surface area contributed by atoms with E-state index in [9.17, 15) is 14.4 Å². The van der Waals surface area contributed by atoms with Crippen LogP contribution in [0.15, 0.2) is 66.7 Å². The SMILES string of the molecule is CC[C@H](Oc1ccc(C(C)(C)CC)cc1C)C(=O)Nc1cccc(C(=O)CC(=O)Nc2ccccc2Cl)c1. The Morgan fingerprint density at radius 2 is 1.68 bits per heavy atom. The summed E-state index contributed by atoms with van der Waals surface area (Å²) in [4.78, 5) is 38.1. The number of para-hydroxylation sites is 1. The fourth-order valence-electron chi connectivity index (χ4n) is 3.88. The van der Waals surface area contributed by atoms with Gasteiger partial charge in [-0.2, -0.15) is 0 Å². The van der Waals surface area contributed by atoms with Gasteiger partial charge in [0.1, 0.15) is 5.75 Å². The van der Waals surface area contributed by atoms with Crippen molar-refractivity contribution in [2.75, 3.05) is 10.6 Å². The number of ether oxygens (including phenoxy) is 1. The van der Waals surface area contributed by atoms with Gasteiger partial charge < -0.3 is 15.4 Å². The molecule has 0 fully saturated rings. The second-order valence-corrected chi connectivity index (χ2v) is 10.3. The van der Waals surface area contributed by atoms with Gasteiger partial charge in [0.05, 0.1) is 17.1 Å². The summed E-state index contributed by atoms with van der Waals surface area (Å²) in [7, 11) is 0. The van der Waals surface area contributed by atoms with E-state index in [4.69, 9.17) is 16.3 Å². The highest BCUT2D eigenvalue weighted by Gasteiger charge is 2.22. The molecule has 7 heteroatoms. The highest BCUT2D eigenvalue weighted by Crippen LogP contribution is 2.31. The predicted molar refractivity (Wildman–Crippen MR) is 153 cm³/mol. The summed E-state index contributed by atoms with van der Waals surface area (Å²) in [5.74, 6) is -0.498. The number of benzene rings is 3. The van der Waals surface area contributed by atoms with Crippen LogP contribution in [-0.4, -0.2) is 23.7 Å². The van der Waals surface area contributed by atoms with Crippen LogP contribution in [-0.2, 0) is 15.0 Å². The number of carbonyl (C=O) groups excluding carboxylic acids is 3. The smallest absolute Gasteiger partial charge is 0.265 e. The molecule has 0 aliphatic rings. The first-order chi connectivity index (χ1) is 18.0. The standard InChI is InChI=1S/C31H35ClN2O4/c1-6-27(38-28-16-15-22(17-20(28)3)31(4,5)7-2)30(37)33-23-12-10-11-21(18-23)26(35)19-29(36)34-25-14-9-8-13-24(25)32/h8-18,27H,6-7,19H2,1-5H3,(H,33,37)(H,34,36)/t27-/m0/s1. The summed E-state index contributed by atoms with van der Waals surface area (Å²) in [5.41, 5.74) is 3.46. The zero-order valence-corrected chi connectivity index (χ0v) is 23.3. The van der Waals surface area contributed by atoms with E-state index < -0.39 is 12.0 Å². The topological polar surface area (TPSA) is 84.5 Å². The first-order valence-electron chi connectivity index (χ1n) is 12.8. The molecule has 1 atom stereocenters. The first kappa shape index (κ1) is 28.9. The van der Waals surface area contributed by atoms with Gasteiger partial charge in [0.15, 0.2) is 11.9 Å². The number of hydrogen-bond acceptors (Lipinski definition) is 4. The third-order valence-corrected chi connectivity index (χ3v) is 7.02. The zero-order chi connectivity index (χ0) is 27.9. The van der Waals surface area contributed by atoms with E-state index in [1.165, 1.54) is 5.56 Å². The molecule has 38 heavy (non-hydrogen) atoms. The van der Waals surface area contributed by atoms with Crippen molar-refractivity contribution in [1.29, 1.82) is 0 Å². The third-order valence-electron chi connectivity index (χ3n) is 6.69. The van der Waals surface area contributed by atoms with Crippen molar-refractivity contribution in [2.45, 2.75) is 65.4 Å². The number of amides is 2. The molecule has 0 unspecified atom stereocenters. The maximum Gasteiger partial charge on any atom is 0.265 e. The van der Waals surface area contributed by atoms with E-state index in [-0.39, 0.29) is 23.5 Å². The summed E-state index contributed by atoms with van der Waals surface area (Å²) in [6, 6.07) is 19.4. The van der Waals surface area contributed by atoms with Crippen LogP contribution in [0.4, 0.5) is 11.4 Å². The van der Waals surface area contributed by atoms with Crippen molar-refractivity contribution in [3.05, 3.63) is 88.4 Å². The van der Waals surface area contributed by atoms with E-state index >= 15 is 0 Å². The maximum atomic E-state index is 13.0. The van der Waals surface area contributed by atoms with Gasteiger partial charge in [-0.05, 0) is 66.6 Å². The van der Waals surface area contributed by atoms with Gasteiger partial charge in [0, 0.05) is 11.3 Å². The average Bonchev–Trinajstić information content (AvgIpc) is 2.89. The molecule has 200 valence electrons. The third kappa shape index (κ3) is 7.45. The van der Waals surface area contributed by atoms with Crippen LogP contribution >= 0.6 is 11.6 Å². The lowest BCUT2D eigenvalue weighted by Crippen LogP contribution is -2.32. The molecule has 0 spiro atoms. The number of rotatable bonds is 11. The number of aryl methyl sites for hydroxylation is 1. The Balaban J connectivity index is 1.64. The summed E-state index contributed by atoms with van der Waals surface area (Å²) < 4.78 is 6.08. The van der Waals surface area contributed by atoms with Gasteiger partial charge >= 0.3 is 0 Å². The van der Waals surface area contributed by atoms with E-state index in [1.807, 2.05) is 26.0 Å². The summed E-state index contributed by atoms with van der Waals surface area (Å²) in [6.45, 7) is 10.4. The Morgan fingerprint density at radius 1 is 0.947 bits per heavy atom. The molecule has 3 aromatic carbocycles. The Hall–Kier alpha value is -3.64. The highest BCUT2D eigenvalue weighted by molar-refractivity contribution is 6.33. The molecule has 2 N–H and O–H groups in total. The van der Waals surface area contributed by atoms with Gasteiger partial charge in [-0.15, -0.1) is 0 Å². The lowest BCUT2D eigenvalue weighted by Gasteiger charge is -2.25. The van der Waals surface area contributed by atoms with Gasteiger partial charge in [-0.25, -0.2) is 0 Å². The quantitative estimate of drug-likeness (QED) is 0.199. The molecule has 2 amide bonds. The van der Waals surface area contributed by atoms with Crippen molar-refractivity contribution in [2.24, 2.45) is 0 Å². The van der Waals surface area contributed by atoms with Gasteiger partial charge in [-0.3, -0.25) is 14.4 Å². The summed E-state index contributed by atoms with van der Waals surface area (Å²) >= 11 is 6.07. The van der Waals surface area contributed by atoms with Crippen molar-refractivity contribution in [3.63, 3.8) is 0 Å². The molecule has 3 rings (SSSR count). The highest BCUT2D eigenvalue weighted by atomic mass is 35.5. The van der Waals surface area contributed by atoms with Crippen molar-refractivity contribution >= 4 is 40.6 Å². The lowest BCUT2D eigenvalue weighted by atomic mass is 9.81. The Labute approximate surface area is 229 Å². The monoisotopic (exact) mass is 534 g/mol. The number of Topliss-reactive ketones (excluding diaryl/α,β-unsaturated/α-hetero) is 1.